The van der Waals surface area contributed by atoms with Crippen LogP contribution in [0.25, 0.3) is 0 Å². The minimum atomic E-state index is -0.735. The van der Waals surface area contributed by atoms with Crippen molar-refractivity contribution in [3.8, 4) is 0 Å². The number of imidazole rings is 1. The second-order valence-electron chi connectivity index (χ2n) is 3.67. The van der Waals surface area contributed by atoms with E-state index in [-0.39, 0.29) is 5.95 Å². The molecule has 17 heavy (non-hydrogen) atoms. The van der Waals surface area contributed by atoms with Crippen LogP contribution in [0.4, 0.5) is 5.95 Å². The first-order chi connectivity index (χ1) is 7.84. The molecule has 2 atom stereocenters. The third-order valence-corrected chi connectivity index (χ3v) is 2.24. The van der Waals surface area contributed by atoms with Crippen LogP contribution in [0, 0.1) is 10.1 Å². The molecular formula is C9H14N4O4. The molecule has 0 spiro atoms. The molecule has 1 unspecified atom stereocenters. The number of hydrogen-bond donors (Lipinski definition) is 1. The second-order valence-corrected chi connectivity index (χ2v) is 3.67. The van der Waals surface area contributed by atoms with Crippen molar-refractivity contribution in [3.05, 3.63) is 22.0 Å². The van der Waals surface area contributed by atoms with E-state index in [0.29, 0.717) is 5.69 Å². The van der Waals surface area contributed by atoms with Crippen molar-refractivity contribution in [3.63, 3.8) is 0 Å². The standard InChI is InChI=1S/C9H14N4O4/c1-5(10)8(14)17-6(2)7-4-11-9(12(7)3)13(15)16/h4-6H,10H2,1-3H3/t5-,6?/m0/s1. The topological polar surface area (TPSA) is 113 Å². The Bertz CT molecular complexity index is 440. The van der Waals surface area contributed by atoms with E-state index in [4.69, 9.17) is 10.5 Å². The Hall–Kier alpha value is -1.96. The molecule has 0 aliphatic heterocycles. The molecule has 0 aliphatic rings. The highest BCUT2D eigenvalue weighted by Crippen LogP contribution is 2.20. The van der Waals surface area contributed by atoms with Crippen LogP contribution in [-0.2, 0) is 16.6 Å². The fraction of sp³-hybridized carbons (Fsp3) is 0.556. The third kappa shape index (κ3) is 2.78. The molecule has 0 saturated carbocycles. The molecule has 0 radical (unpaired) electrons. The lowest BCUT2D eigenvalue weighted by atomic mass is 10.3. The molecule has 0 aliphatic carbocycles. The smallest absolute Gasteiger partial charge is 0.434 e. The fourth-order valence-corrected chi connectivity index (χ4v) is 1.30. The zero-order valence-corrected chi connectivity index (χ0v) is 9.78. The van der Waals surface area contributed by atoms with Crippen molar-refractivity contribution >= 4 is 11.9 Å². The Balaban J connectivity index is 2.86. The maximum Gasteiger partial charge on any atom is 0.434 e. The van der Waals surface area contributed by atoms with Crippen molar-refractivity contribution in [1.29, 1.82) is 0 Å². The number of carbonyl (C=O) groups is 1. The number of carbonyl (C=O) groups excluding carboxylic acids is 1. The van der Waals surface area contributed by atoms with Crippen molar-refractivity contribution < 1.29 is 14.5 Å². The van der Waals surface area contributed by atoms with Crippen LogP contribution in [0.15, 0.2) is 6.20 Å². The molecule has 94 valence electrons. The summed E-state index contributed by atoms with van der Waals surface area (Å²) in [5.74, 6) is -0.870. The molecule has 1 aromatic heterocycles. The van der Waals surface area contributed by atoms with Gasteiger partial charge in [0.15, 0.2) is 11.8 Å². The number of rotatable bonds is 4. The summed E-state index contributed by atoms with van der Waals surface area (Å²) < 4.78 is 6.29. The highest BCUT2D eigenvalue weighted by Gasteiger charge is 2.24. The molecule has 8 heteroatoms. The predicted octanol–water partition coefficient (Wildman–Crippen LogP) is 0.280. The number of aromatic nitrogens is 2. The lowest BCUT2D eigenvalue weighted by Gasteiger charge is -2.13. The highest BCUT2D eigenvalue weighted by atomic mass is 16.6. The Kier molecular flexibility index (Phi) is 3.79. The Morgan fingerprint density at radius 1 is 1.65 bits per heavy atom. The van der Waals surface area contributed by atoms with Gasteiger partial charge in [0.05, 0.1) is 7.05 Å². The molecule has 0 aromatic carbocycles. The van der Waals surface area contributed by atoms with Gasteiger partial charge in [-0.3, -0.25) is 4.79 Å². The summed E-state index contributed by atoms with van der Waals surface area (Å²) >= 11 is 0. The van der Waals surface area contributed by atoms with E-state index in [1.807, 2.05) is 0 Å². The molecule has 0 bridgehead atoms. The number of esters is 1. The van der Waals surface area contributed by atoms with E-state index in [1.54, 1.807) is 6.92 Å². The Labute approximate surface area is 97.5 Å². The normalized spacial score (nSPS) is 14.1. The van der Waals surface area contributed by atoms with Gasteiger partial charge < -0.3 is 20.6 Å². The van der Waals surface area contributed by atoms with Crippen LogP contribution in [0.5, 0.6) is 0 Å². The van der Waals surface area contributed by atoms with Crippen LogP contribution in [-0.4, -0.2) is 26.5 Å². The Morgan fingerprint density at radius 3 is 2.65 bits per heavy atom. The summed E-state index contributed by atoms with van der Waals surface area (Å²) in [6, 6.07) is -0.735. The summed E-state index contributed by atoms with van der Waals surface area (Å²) in [5.41, 5.74) is 5.78. The molecule has 2 N–H and O–H groups in total. The van der Waals surface area contributed by atoms with Crippen LogP contribution >= 0.6 is 0 Å². The quantitative estimate of drug-likeness (QED) is 0.461. The van der Waals surface area contributed by atoms with Crippen LogP contribution in [0.3, 0.4) is 0 Å². The summed E-state index contributed by atoms with van der Waals surface area (Å²) in [7, 11) is 1.48. The lowest BCUT2D eigenvalue weighted by molar-refractivity contribution is -0.396. The highest BCUT2D eigenvalue weighted by molar-refractivity contribution is 5.75. The van der Waals surface area contributed by atoms with Gasteiger partial charge in [-0.15, -0.1) is 0 Å². The zero-order chi connectivity index (χ0) is 13.2. The summed E-state index contributed by atoms with van der Waals surface area (Å²) in [4.78, 5) is 24.9. The van der Waals surface area contributed by atoms with Gasteiger partial charge in [0.2, 0.25) is 0 Å². The number of nitro groups is 1. The van der Waals surface area contributed by atoms with Crippen molar-refractivity contribution in [2.45, 2.75) is 26.0 Å². The summed E-state index contributed by atoms with van der Waals surface area (Å²) in [5, 5.41) is 10.6. The van der Waals surface area contributed by atoms with Gasteiger partial charge in [-0.1, -0.05) is 4.98 Å². The monoisotopic (exact) mass is 242 g/mol. The van der Waals surface area contributed by atoms with Crippen LogP contribution in [0.2, 0.25) is 0 Å². The molecule has 0 fully saturated rings. The van der Waals surface area contributed by atoms with Gasteiger partial charge in [-0.25, -0.2) is 4.57 Å². The van der Waals surface area contributed by atoms with Crippen molar-refractivity contribution in [2.24, 2.45) is 12.8 Å². The summed E-state index contributed by atoms with van der Waals surface area (Å²) in [6.45, 7) is 3.10. The molecule has 0 amide bonds. The van der Waals surface area contributed by atoms with E-state index in [2.05, 4.69) is 4.98 Å². The van der Waals surface area contributed by atoms with E-state index < -0.39 is 23.0 Å². The number of nitrogens with zero attached hydrogens (tertiary/aromatic N) is 3. The number of hydrogen-bond acceptors (Lipinski definition) is 6. The van der Waals surface area contributed by atoms with Crippen LogP contribution < -0.4 is 5.73 Å². The van der Waals surface area contributed by atoms with E-state index in [9.17, 15) is 14.9 Å². The molecule has 1 rings (SSSR count). The number of nitrogens with two attached hydrogens (primary N) is 1. The van der Waals surface area contributed by atoms with Gasteiger partial charge in [-0.2, -0.15) is 0 Å². The van der Waals surface area contributed by atoms with Gasteiger partial charge in [0.25, 0.3) is 0 Å². The van der Waals surface area contributed by atoms with E-state index in [0.717, 1.165) is 0 Å². The van der Waals surface area contributed by atoms with E-state index >= 15 is 0 Å². The first-order valence-corrected chi connectivity index (χ1v) is 4.96. The van der Waals surface area contributed by atoms with Gasteiger partial charge in [-0.05, 0) is 18.8 Å². The molecule has 8 nitrogen and oxygen atoms in total. The maximum absolute atomic E-state index is 11.3. The third-order valence-electron chi connectivity index (χ3n) is 2.24. The molecule has 0 saturated heterocycles. The molecular weight excluding hydrogens is 228 g/mol. The Morgan fingerprint density at radius 2 is 2.24 bits per heavy atom. The SMILES string of the molecule is CC(OC(=O)[C@H](C)N)c1cnc([N+](=O)[O-])n1C. The number of ether oxygens (including phenoxy) is 1. The second kappa shape index (κ2) is 4.91. The van der Waals surface area contributed by atoms with Gasteiger partial charge >= 0.3 is 11.9 Å². The minimum absolute atomic E-state index is 0.302. The van der Waals surface area contributed by atoms with E-state index in [1.165, 1.54) is 24.7 Å². The largest absolute Gasteiger partial charge is 0.453 e. The fourth-order valence-electron chi connectivity index (χ4n) is 1.30. The van der Waals surface area contributed by atoms with Gasteiger partial charge in [0.1, 0.15) is 12.2 Å². The van der Waals surface area contributed by atoms with Crippen molar-refractivity contribution in [2.75, 3.05) is 0 Å². The molecule has 1 aromatic rings. The van der Waals surface area contributed by atoms with Gasteiger partial charge in [0, 0.05) is 0 Å². The molecule has 1 heterocycles. The minimum Gasteiger partial charge on any atom is -0.453 e. The first kappa shape index (κ1) is 13.1. The lowest BCUT2D eigenvalue weighted by Crippen LogP contribution is -2.29. The average Bonchev–Trinajstić information content (AvgIpc) is 2.59. The average molecular weight is 242 g/mol. The predicted molar refractivity (Wildman–Crippen MR) is 58.0 cm³/mol. The first-order valence-electron chi connectivity index (χ1n) is 4.96. The maximum atomic E-state index is 11.3. The van der Waals surface area contributed by atoms with Crippen LogP contribution in [0.1, 0.15) is 25.6 Å². The van der Waals surface area contributed by atoms with Crippen molar-refractivity contribution in [1.82, 2.24) is 9.55 Å². The summed E-state index contributed by atoms with van der Waals surface area (Å²) in [6.07, 6.45) is 0.664. The zero-order valence-electron chi connectivity index (χ0n) is 9.78.